The van der Waals surface area contributed by atoms with Crippen molar-refractivity contribution in [2.24, 2.45) is 0 Å². The van der Waals surface area contributed by atoms with Gasteiger partial charge >= 0.3 is 0 Å². The molecule has 0 radical (unpaired) electrons. The summed E-state index contributed by atoms with van der Waals surface area (Å²) in [6.07, 6.45) is 22.1. The van der Waals surface area contributed by atoms with Gasteiger partial charge in [0.2, 0.25) is 0 Å². The normalized spacial score (nSPS) is 14.0. The van der Waals surface area contributed by atoms with Crippen molar-refractivity contribution in [3.05, 3.63) is 84.1 Å². The van der Waals surface area contributed by atoms with Crippen LogP contribution in [0.25, 0.3) is 23.1 Å². The molecule has 3 rings (SSSR count). The number of allylic oxidation sites excluding steroid dienone is 8. The van der Waals surface area contributed by atoms with Gasteiger partial charge in [0.05, 0.1) is 11.7 Å². The second-order valence-corrected chi connectivity index (χ2v) is 4.44. The molecule has 0 saturated heterocycles. The zero-order valence-corrected chi connectivity index (χ0v) is 11.0. The largest absolute Gasteiger partial charge is 0.159 e. The van der Waals surface area contributed by atoms with Crippen LogP contribution in [0.4, 0.5) is 0 Å². The maximum atomic E-state index is 4.17. The second-order valence-electron chi connectivity index (χ2n) is 4.44. The Labute approximate surface area is 118 Å². The lowest BCUT2D eigenvalue weighted by Gasteiger charge is -2.04. The van der Waals surface area contributed by atoms with E-state index in [-0.39, 0.29) is 0 Å². The van der Waals surface area contributed by atoms with Crippen LogP contribution in [-0.4, -0.2) is 10.2 Å². The first-order chi connectivity index (χ1) is 9.93. The third-order valence-corrected chi connectivity index (χ3v) is 3.05. The van der Waals surface area contributed by atoms with Crippen molar-refractivity contribution in [2.45, 2.75) is 0 Å². The minimum Gasteiger partial charge on any atom is -0.159 e. The van der Waals surface area contributed by atoms with Crippen LogP contribution in [0.1, 0.15) is 11.1 Å². The average molecular weight is 258 g/mol. The summed E-state index contributed by atoms with van der Waals surface area (Å²) in [6.45, 7) is 0. The van der Waals surface area contributed by atoms with Crippen molar-refractivity contribution in [3.63, 3.8) is 0 Å². The Hall–Kier alpha value is -2.74. The highest BCUT2D eigenvalue weighted by atomic mass is 15.1. The molecule has 0 unspecified atom stereocenters. The van der Waals surface area contributed by atoms with Crippen LogP contribution in [0.5, 0.6) is 0 Å². The minimum absolute atomic E-state index is 0.913. The minimum atomic E-state index is 0.913. The summed E-state index contributed by atoms with van der Waals surface area (Å²) in [4.78, 5) is 0. The summed E-state index contributed by atoms with van der Waals surface area (Å²) in [5.74, 6) is 0. The highest BCUT2D eigenvalue weighted by Gasteiger charge is 2.01. The van der Waals surface area contributed by atoms with Crippen molar-refractivity contribution in [2.75, 3.05) is 0 Å². The Balaban J connectivity index is 2.15. The molecule has 2 heteroatoms. The summed E-state index contributed by atoms with van der Waals surface area (Å²) in [6, 6.07) is 6.19. The Morgan fingerprint density at radius 1 is 0.650 bits per heavy atom. The van der Waals surface area contributed by atoms with Gasteiger partial charge in [-0.1, -0.05) is 60.8 Å². The van der Waals surface area contributed by atoms with Gasteiger partial charge in [-0.25, -0.2) is 0 Å². The summed E-state index contributed by atoms with van der Waals surface area (Å²) in [7, 11) is 0. The predicted octanol–water partition coefficient (Wildman–Crippen LogP) is 4.34. The first-order valence-electron chi connectivity index (χ1n) is 6.54. The molecule has 1 aromatic carbocycles. The fraction of sp³-hybridized carbons (Fsp3) is 0. The van der Waals surface area contributed by atoms with Crippen LogP contribution in [0.15, 0.2) is 73.0 Å². The Kier molecular flexibility index (Phi) is 3.65. The molecule has 2 nitrogen and oxygen atoms in total. The van der Waals surface area contributed by atoms with Gasteiger partial charge in [-0.15, -0.1) is 0 Å². The van der Waals surface area contributed by atoms with Crippen molar-refractivity contribution in [1.29, 1.82) is 0 Å². The van der Waals surface area contributed by atoms with E-state index in [1.165, 1.54) is 5.56 Å². The lowest BCUT2D eigenvalue weighted by Crippen LogP contribution is -1.87. The molecule has 1 aromatic heterocycles. The number of benzene rings is 1. The van der Waals surface area contributed by atoms with E-state index in [4.69, 9.17) is 0 Å². The van der Waals surface area contributed by atoms with Crippen molar-refractivity contribution in [3.8, 4) is 0 Å². The van der Waals surface area contributed by atoms with Gasteiger partial charge in [0.25, 0.3) is 0 Å². The maximum Gasteiger partial charge on any atom is 0.0936 e. The van der Waals surface area contributed by atoms with Gasteiger partial charge in [-0.2, -0.15) is 10.2 Å². The first-order valence-corrected chi connectivity index (χ1v) is 6.54. The van der Waals surface area contributed by atoms with Crippen LogP contribution in [-0.2, 0) is 0 Å². The second kappa shape index (κ2) is 5.93. The van der Waals surface area contributed by atoms with Crippen LogP contribution >= 0.6 is 0 Å². The Bertz CT molecular complexity index is 698. The van der Waals surface area contributed by atoms with E-state index in [2.05, 4.69) is 34.5 Å². The van der Waals surface area contributed by atoms with Crippen molar-refractivity contribution < 1.29 is 0 Å². The Morgan fingerprint density at radius 3 is 1.95 bits per heavy atom. The zero-order chi connectivity index (χ0) is 13.6. The van der Waals surface area contributed by atoms with Gasteiger partial charge in [-0.3, -0.25) is 0 Å². The third-order valence-electron chi connectivity index (χ3n) is 3.05. The molecule has 96 valence electrons. The molecule has 0 saturated carbocycles. The fourth-order valence-electron chi connectivity index (χ4n) is 2.06. The first kappa shape index (κ1) is 12.3. The fourth-order valence-corrected chi connectivity index (χ4v) is 2.06. The van der Waals surface area contributed by atoms with E-state index < -0.39 is 0 Å². The van der Waals surface area contributed by atoms with Crippen molar-refractivity contribution in [1.82, 2.24) is 10.2 Å². The quantitative estimate of drug-likeness (QED) is 0.702. The van der Waals surface area contributed by atoms with Gasteiger partial charge in [-0.05, 0) is 29.3 Å². The number of hydrogen-bond acceptors (Lipinski definition) is 2. The van der Waals surface area contributed by atoms with E-state index >= 15 is 0 Å². The zero-order valence-electron chi connectivity index (χ0n) is 11.0. The van der Waals surface area contributed by atoms with E-state index in [0.717, 1.165) is 16.5 Å². The van der Waals surface area contributed by atoms with Crippen LogP contribution in [0.3, 0.4) is 0 Å². The van der Waals surface area contributed by atoms with Gasteiger partial charge in [0.15, 0.2) is 0 Å². The lowest BCUT2D eigenvalue weighted by molar-refractivity contribution is 1.08. The van der Waals surface area contributed by atoms with E-state index in [9.17, 15) is 0 Å². The summed E-state index contributed by atoms with van der Waals surface area (Å²) in [5.41, 5.74) is 3.22. The summed E-state index contributed by atoms with van der Waals surface area (Å²) >= 11 is 0. The molecule has 0 aliphatic heterocycles. The Morgan fingerprint density at radius 2 is 1.25 bits per heavy atom. The molecule has 0 N–H and O–H groups in total. The van der Waals surface area contributed by atoms with Crippen LogP contribution in [0, 0.1) is 0 Å². The number of nitrogens with zero attached hydrogens (tertiary/aromatic N) is 2. The molecule has 0 amide bonds. The number of hydrogen-bond donors (Lipinski definition) is 0. The molecule has 0 atom stereocenters. The molecule has 20 heavy (non-hydrogen) atoms. The molecular weight excluding hydrogens is 244 g/mol. The van der Waals surface area contributed by atoms with E-state index in [0.29, 0.717) is 0 Å². The standard InChI is InChI=1S/C18H14N2/c1-2-4-6-8-10-16-14-18-17(11-12-19-20-18)13-15(16)9-7-5-3-1/h1-14H. The lowest BCUT2D eigenvalue weighted by atomic mass is 10.0. The molecule has 0 bridgehead atoms. The van der Waals surface area contributed by atoms with Gasteiger partial charge in [0, 0.05) is 5.39 Å². The molecule has 1 aliphatic carbocycles. The third kappa shape index (κ3) is 2.81. The molecule has 2 aromatic rings. The highest BCUT2D eigenvalue weighted by molar-refractivity contribution is 5.85. The van der Waals surface area contributed by atoms with E-state index in [1.54, 1.807) is 6.20 Å². The number of aromatic nitrogens is 2. The average Bonchev–Trinajstić information content (AvgIpc) is 2.47. The van der Waals surface area contributed by atoms with E-state index in [1.807, 2.05) is 54.7 Å². The maximum absolute atomic E-state index is 4.17. The summed E-state index contributed by atoms with van der Waals surface area (Å²) in [5, 5.41) is 9.21. The highest BCUT2D eigenvalue weighted by Crippen LogP contribution is 2.20. The summed E-state index contributed by atoms with van der Waals surface area (Å²) < 4.78 is 0. The topological polar surface area (TPSA) is 25.8 Å². The van der Waals surface area contributed by atoms with Gasteiger partial charge < -0.3 is 0 Å². The molecule has 0 spiro atoms. The van der Waals surface area contributed by atoms with Crippen molar-refractivity contribution >= 4 is 23.1 Å². The number of rotatable bonds is 0. The molecule has 1 aliphatic rings. The molecule has 0 fully saturated rings. The smallest absolute Gasteiger partial charge is 0.0936 e. The SMILES string of the molecule is C1=CC=CC=Cc2cc3nnccc3cc2C=CC=C1. The molecule has 1 heterocycles. The number of fused-ring (bicyclic) bond motifs is 2. The predicted molar refractivity (Wildman–Crippen MR) is 85.0 cm³/mol. The monoisotopic (exact) mass is 258 g/mol. The van der Waals surface area contributed by atoms with Crippen LogP contribution in [0.2, 0.25) is 0 Å². The van der Waals surface area contributed by atoms with Gasteiger partial charge in [0.1, 0.15) is 0 Å². The molecular formula is C18H14N2. The van der Waals surface area contributed by atoms with Crippen LogP contribution < -0.4 is 0 Å².